The van der Waals surface area contributed by atoms with E-state index in [1.165, 1.54) is 12.1 Å². The number of benzene rings is 2. The van der Waals surface area contributed by atoms with Crippen LogP contribution in [0.1, 0.15) is 11.1 Å². The number of amidine groups is 1. The van der Waals surface area contributed by atoms with Gasteiger partial charge in [-0.2, -0.15) is 5.26 Å². The first-order valence-corrected chi connectivity index (χ1v) is 8.08. The summed E-state index contributed by atoms with van der Waals surface area (Å²) >= 11 is 1.13. The van der Waals surface area contributed by atoms with Gasteiger partial charge in [-0.1, -0.05) is 5.16 Å². The highest BCUT2D eigenvalue weighted by molar-refractivity contribution is 7.97. The summed E-state index contributed by atoms with van der Waals surface area (Å²) in [5, 5.41) is 12.6. The summed E-state index contributed by atoms with van der Waals surface area (Å²) in [6.07, 6.45) is 0. The number of halogens is 3. The van der Waals surface area contributed by atoms with Gasteiger partial charge in [-0.25, -0.2) is 18.2 Å². The zero-order valence-corrected chi connectivity index (χ0v) is 14.2. The first kappa shape index (κ1) is 19.5. The molecule has 0 aromatic heterocycles. The molecule has 0 unspecified atom stereocenters. The second-order valence-electron chi connectivity index (χ2n) is 4.78. The molecule has 26 heavy (non-hydrogen) atoms. The van der Waals surface area contributed by atoms with Crippen molar-refractivity contribution in [2.75, 3.05) is 13.2 Å². The monoisotopic (exact) mass is 378 g/mol. The number of hydrogen-bond acceptors (Lipinski definition) is 5. The molecule has 0 aliphatic rings. The van der Waals surface area contributed by atoms with E-state index in [2.05, 4.69) is 21.6 Å². The highest BCUT2D eigenvalue weighted by Crippen LogP contribution is 2.20. The predicted octanol–water partition coefficient (Wildman–Crippen LogP) is 3.65. The van der Waals surface area contributed by atoms with Crippen LogP contribution in [0.2, 0.25) is 0 Å². The largest absolute Gasteiger partial charge is 0.393 e. The lowest BCUT2D eigenvalue weighted by molar-refractivity contribution is 0.150. The molecule has 0 amide bonds. The second-order valence-corrected chi connectivity index (χ2v) is 5.71. The van der Waals surface area contributed by atoms with E-state index in [9.17, 15) is 13.2 Å². The average Bonchev–Trinajstić information content (AvgIpc) is 2.64. The van der Waals surface area contributed by atoms with Crippen LogP contribution in [0.15, 0.2) is 51.4 Å². The fraction of sp³-hybridized carbons (Fsp3) is 0.118. The Morgan fingerprint density at radius 2 is 1.92 bits per heavy atom. The third-order valence-electron chi connectivity index (χ3n) is 3.01. The van der Waals surface area contributed by atoms with E-state index in [4.69, 9.17) is 10.1 Å². The third kappa shape index (κ3) is 5.34. The summed E-state index contributed by atoms with van der Waals surface area (Å²) in [4.78, 5) is 9.10. The summed E-state index contributed by atoms with van der Waals surface area (Å²) in [5.41, 5.74) is 0.0495. The highest BCUT2D eigenvalue weighted by atomic mass is 32.2. The summed E-state index contributed by atoms with van der Waals surface area (Å²) in [7, 11) is 0. The van der Waals surface area contributed by atoms with Gasteiger partial charge in [0, 0.05) is 11.4 Å². The van der Waals surface area contributed by atoms with E-state index in [-0.39, 0.29) is 23.6 Å². The van der Waals surface area contributed by atoms with Crippen molar-refractivity contribution in [1.29, 1.82) is 5.26 Å². The summed E-state index contributed by atoms with van der Waals surface area (Å²) < 4.78 is 42.8. The fourth-order valence-corrected chi connectivity index (χ4v) is 2.53. The van der Waals surface area contributed by atoms with Crippen molar-refractivity contribution >= 4 is 24.5 Å². The van der Waals surface area contributed by atoms with E-state index >= 15 is 0 Å². The maximum Gasteiger partial charge on any atom is 0.201 e. The van der Waals surface area contributed by atoms with E-state index in [0.29, 0.717) is 11.4 Å². The molecule has 2 rings (SSSR count). The zero-order valence-electron chi connectivity index (χ0n) is 13.4. The Labute approximate surface area is 152 Å². The van der Waals surface area contributed by atoms with Crippen LogP contribution in [-0.2, 0) is 4.84 Å². The molecule has 0 atom stereocenters. The molecule has 0 heterocycles. The molecule has 9 heteroatoms. The number of hydrogen-bond donors (Lipinski definition) is 1. The van der Waals surface area contributed by atoms with Crippen molar-refractivity contribution in [2.24, 2.45) is 10.1 Å². The number of oxime groups is 1. The molecule has 0 bridgehead atoms. The topological polar surface area (TPSA) is 69.8 Å². The van der Waals surface area contributed by atoms with Gasteiger partial charge in [-0.05, 0) is 55.1 Å². The quantitative estimate of drug-likeness (QED) is 0.263. The van der Waals surface area contributed by atoms with Crippen molar-refractivity contribution in [1.82, 2.24) is 4.72 Å². The minimum atomic E-state index is -0.699. The van der Waals surface area contributed by atoms with Crippen LogP contribution < -0.4 is 4.72 Å². The highest BCUT2D eigenvalue weighted by Gasteiger charge is 2.10. The van der Waals surface area contributed by atoms with Crippen LogP contribution in [0.3, 0.4) is 0 Å². The normalized spacial score (nSPS) is 11.1. The molecule has 0 aliphatic heterocycles. The van der Waals surface area contributed by atoms with Crippen LogP contribution in [0.5, 0.6) is 0 Å². The van der Waals surface area contributed by atoms with Crippen molar-refractivity contribution in [3.63, 3.8) is 0 Å². The zero-order chi connectivity index (χ0) is 18.9. The van der Waals surface area contributed by atoms with Gasteiger partial charge in [0.15, 0.2) is 0 Å². The molecule has 2 aromatic carbocycles. The maximum atomic E-state index is 13.7. The molecule has 5 nitrogen and oxygen atoms in total. The molecule has 134 valence electrons. The molecule has 2 aromatic rings. The molecular weight excluding hydrogens is 365 g/mol. The van der Waals surface area contributed by atoms with Crippen LogP contribution in [0.25, 0.3) is 0 Å². The van der Waals surface area contributed by atoms with Crippen LogP contribution in [0.4, 0.5) is 13.2 Å². The SMILES string of the molecule is C=N/C(=N\OCCNSc1ccc(F)cc1C#N)c1cc(F)ccc1F. The Bertz CT molecular complexity index is 868. The standard InChI is InChI=1S/C17H13F3N4OS/c1-22-17(14-9-13(19)2-4-15(14)20)24-25-7-6-23-26-16-5-3-12(18)8-11(16)10-21/h2-5,8-9,23H,1,6-7H2/b24-17-. The van der Waals surface area contributed by atoms with E-state index in [1.807, 2.05) is 6.07 Å². The van der Waals surface area contributed by atoms with Gasteiger partial charge in [0.05, 0.1) is 11.1 Å². The Kier molecular flexibility index (Phi) is 7.20. The third-order valence-corrected chi connectivity index (χ3v) is 3.93. The van der Waals surface area contributed by atoms with Gasteiger partial charge in [-0.3, -0.25) is 4.72 Å². The molecule has 0 saturated carbocycles. The van der Waals surface area contributed by atoms with Crippen molar-refractivity contribution in [3.05, 3.63) is 65.0 Å². The number of nitrogens with one attached hydrogen (secondary N) is 1. The molecule has 0 aliphatic carbocycles. The Morgan fingerprint density at radius 3 is 2.65 bits per heavy atom. The van der Waals surface area contributed by atoms with Gasteiger partial charge in [0.1, 0.15) is 30.1 Å². The Hall–Kier alpha value is -2.83. The molecule has 0 fully saturated rings. The second kappa shape index (κ2) is 9.60. The maximum absolute atomic E-state index is 13.7. The van der Waals surface area contributed by atoms with Gasteiger partial charge in [0.2, 0.25) is 5.84 Å². The van der Waals surface area contributed by atoms with Gasteiger partial charge in [-0.15, -0.1) is 0 Å². The van der Waals surface area contributed by atoms with Crippen molar-refractivity contribution < 1.29 is 18.0 Å². The molecular formula is C17H13F3N4OS. The van der Waals surface area contributed by atoms with Crippen LogP contribution in [-0.4, -0.2) is 25.7 Å². The van der Waals surface area contributed by atoms with E-state index in [1.54, 1.807) is 0 Å². The fourth-order valence-electron chi connectivity index (χ4n) is 1.83. The molecule has 0 radical (unpaired) electrons. The smallest absolute Gasteiger partial charge is 0.201 e. The van der Waals surface area contributed by atoms with E-state index in [0.717, 1.165) is 36.2 Å². The Morgan fingerprint density at radius 1 is 1.19 bits per heavy atom. The Balaban J connectivity index is 1.86. The van der Waals surface area contributed by atoms with Crippen LogP contribution >= 0.6 is 11.9 Å². The lowest BCUT2D eigenvalue weighted by Crippen LogP contribution is -2.12. The van der Waals surface area contributed by atoms with E-state index < -0.39 is 17.5 Å². The first-order chi connectivity index (χ1) is 12.5. The van der Waals surface area contributed by atoms with Gasteiger partial charge in [0.25, 0.3) is 0 Å². The number of nitriles is 1. The number of rotatable bonds is 7. The predicted molar refractivity (Wildman–Crippen MR) is 93.4 cm³/mol. The van der Waals surface area contributed by atoms with Gasteiger partial charge < -0.3 is 4.84 Å². The van der Waals surface area contributed by atoms with Crippen molar-refractivity contribution in [3.8, 4) is 6.07 Å². The van der Waals surface area contributed by atoms with Crippen LogP contribution in [0, 0.1) is 28.8 Å². The minimum Gasteiger partial charge on any atom is -0.393 e. The lowest BCUT2D eigenvalue weighted by atomic mass is 10.2. The lowest BCUT2D eigenvalue weighted by Gasteiger charge is -2.06. The molecule has 0 saturated heterocycles. The summed E-state index contributed by atoms with van der Waals surface area (Å²) in [5.74, 6) is -2.00. The first-order valence-electron chi connectivity index (χ1n) is 7.26. The average molecular weight is 378 g/mol. The molecule has 0 spiro atoms. The summed E-state index contributed by atoms with van der Waals surface area (Å²) in [6, 6.07) is 8.65. The molecule has 1 N–H and O–H groups in total. The number of nitrogens with zero attached hydrogens (tertiary/aromatic N) is 3. The number of aliphatic imine (C=N–C) groups is 1. The van der Waals surface area contributed by atoms with Gasteiger partial charge >= 0.3 is 0 Å². The minimum absolute atomic E-state index is 0.0893. The van der Waals surface area contributed by atoms with Crippen molar-refractivity contribution in [2.45, 2.75) is 4.90 Å². The summed E-state index contributed by atoms with van der Waals surface area (Å²) in [6.45, 7) is 3.66.